The molecule has 3 aromatic rings. The van der Waals surface area contributed by atoms with E-state index in [1.165, 1.54) is 18.5 Å². The first-order valence-electron chi connectivity index (χ1n) is 6.92. The molecule has 2 aromatic heterocycles. The average molecular weight is 341 g/mol. The minimum atomic E-state index is -0.700. The molecule has 3 N–H and O–H groups in total. The number of imide groups is 1. The lowest BCUT2D eigenvalue weighted by Crippen LogP contribution is -2.24. The topological polar surface area (TPSA) is 138 Å². The van der Waals surface area contributed by atoms with E-state index in [4.69, 9.17) is 5.73 Å². The number of tetrazole rings is 1. The highest BCUT2D eigenvalue weighted by Gasteiger charge is 2.31. The van der Waals surface area contributed by atoms with Crippen molar-refractivity contribution in [3.63, 3.8) is 0 Å². The maximum absolute atomic E-state index is 14.0. The van der Waals surface area contributed by atoms with Crippen molar-refractivity contribution >= 4 is 17.6 Å². The Bertz CT molecular complexity index is 1100. The van der Waals surface area contributed by atoms with Crippen molar-refractivity contribution in [2.75, 3.05) is 5.73 Å². The third-order valence-corrected chi connectivity index (χ3v) is 3.74. The van der Waals surface area contributed by atoms with Crippen molar-refractivity contribution in [1.29, 1.82) is 0 Å². The van der Waals surface area contributed by atoms with Crippen molar-refractivity contribution in [2.24, 2.45) is 0 Å². The van der Waals surface area contributed by atoms with Gasteiger partial charge < -0.3 is 5.73 Å². The van der Waals surface area contributed by atoms with Gasteiger partial charge in [0.25, 0.3) is 17.4 Å². The Hall–Kier alpha value is -3.89. The van der Waals surface area contributed by atoms with Crippen LogP contribution < -0.4 is 16.6 Å². The number of carbonyl (C=O) groups excluding carboxylic acids is 2. The van der Waals surface area contributed by atoms with Gasteiger partial charge in [0.2, 0.25) is 0 Å². The second kappa shape index (κ2) is 5.06. The number of fused-ring (bicyclic) bond motifs is 1. The summed E-state index contributed by atoms with van der Waals surface area (Å²) in [5, 5.41) is 12.5. The molecule has 3 heterocycles. The normalized spacial score (nSPS) is 13.0. The van der Waals surface area contributed by atoms with E-state index in [-0.39, 0.29) is 28.3 Å². The average Bonchev–Trinajstić information content (AvgIpc) is 3.18. The number of hydrogen-bond acceptors (Lipinski definition) is 7. The fourth-order valence-electron chi connectivity index (χ4n) is 2.63. The molecule has 0 radical (unpaired) electrons. The molecule has 1 aromatic carbocycles. The molecule has 11 heteroatoms. The van der Waals surface area contributed by atoms with Crippen LogP contribution in [0.15, 0.2) is 35.4 Å². The third-order valence-electron chi connectivity index (χ3n) is 3.74. The van der Waals surface area contributed by atoms with Gasteiger partial charge in [-0.1, -0.05) is 0 Å². The number of hydrogen-bond donors (Lipinski definition) is 2. The predicted octanol–water partition coefficient (Wildman–Crippen LogP) is -0.582. The van der Waals surface area contributed by atoms with E-state index in [2.05, 4.69) is 20.8 Å². The minimum absolute atomic E-state index is 0.0187. The van der Waals surface area contributed by atoms with Crippen molar-refractivity contribution in [1.82, 2.24) is 30.1 Å². The molecule has 4 rings (SSSR count). The van der Waals surface area contributed by atoms with Gasteiger partial charge in [-0.2, -0.15) is 4.68 Å². The lowest BCUT2D eigenvalue weighted by atomic mass is 10.1. The van der Waals surface area contributed by atoms with Crippen molar-refractivity contribution in [3.8, 4) is 11.4 Å². The monoisotopic (exact) mass is 341 g/mol. The molecule has 0 fully saturated rings. The molecule has 0 spiro atoms. The summed E-state index contributed by atoms with van der Waals surface area (Å²) in [4.78, 5) is 35.9. The highest BCUT2D eigenvalue weighted by Crippen LogP contribution is 2.24. The molecule has 0 unspecified atom stereocenters. The van der Waals surface area contributed by atoms with Gasteiger partial charge in [-0.15, -0.1) is 5.10 Å². The summed E-state index contributed by atoms with van der Waals surface area (Å²) >= 11 is 0. The van der Waals surface area contributed by atoms with Crippen LogP contribution in [0.2, 0.25) is 0 Å². The molecule has 0 aliphatic carbocycles. The molecule has 25 heavy (non-hydrogen) atoms. The Labute approximate surface area is 137 Å². The fourth-order valence-corrected chi connectivity index (χ4v) is 2.63. The van der Waals surface area contributed by atoms with Crippen LogP contribution >= 0.6 is 0 Å². The van der Waals surface area contributed by atoms with Gasteiger partial charge in [0, 0.05) is 6.07 Å². The highest BCUT2D eigenvalue weighted by molar-refractivity contribution is 6.23. The standard InChI is InChI=1S/C14H8FN7O3/c15-8-2-1-6(3-9(8)21-5-17-19-20-21)22-10(23)4-7-11(12(22)16)14(25)18-13(7)24/h1-5H,16H2,(H,18,24,25). The van der Waals surface area contributed by atoms with Crippen molar-refractivity contribution < 1.29 is 14.0 Å². The number of aromatic nitrogens is 5. The number of nitrogen functional groups attached to an aromatic ring is 1. The van der Waals surface area contributed by atoms with Gasteiger partial charge in [0.1, 0.15) is 23.6 Å². The SMILES string of the molecule is Nc1c2c(cc(=O)n1-c1ccc(F)c(-n3cnnn3)c1)C(=O)NC2=O. The fraction of sp³-hybridized carbons (Fsp3) is 0. The van der Waals surface area contributed by atoms with E-state index in [0.29, 0.717) is 0 Å². The molecule has 124 valence electrons. The van der Waals surface area contributed by atoms with Crippen LogP contribution in [-0.4, -0.2) is 36.6 Å². The molecule has 1 aliphatic rings. The Kier molecular flexibility index (Phi) is 2.97. The Morgan fingerprint density at radius 1 is 1.12 bits per heavy atom. The van der Waals surface area contributed by atoms with E-state index in [0.717, 1.165) is 21.4 Å². The Morgan fingerprint density at radius 2 is 1.92 bits per heavy atom. The van der Waals surface area contributed by atoms with Crippen LogP contribution in [0.5, 0.6) is 0 Å². The molecule has 0 saturated carbocycles. The molecule has 10 nitrogen and oxygen atoms in total. The van der Waals surface area contributed by atoms with Crippen LogP contribution in [0.25, 0.3) is 11.4 Å². The number of nitrogens with one attached hydrogen (secondary N) is 1. The van der Waals surface area contributed by atoms with Crippen LogP contribution in [0, 0.1) is 5.82 Å². The maximum atomic E-state index is 14.0. The number of pyridine rings is 1. The van der Waals surface area contributed by atoms with Gasteiger partial charge >= 0.3 is 0 Å². The van der Waals surface area contributed by atoms with Crippen LogP contribution in [0.4, 0.5) is 10.2 Å². The number of rotatable bonds is 2. The largest absolute Gasteiger partial charge is 0.384 e. The smallest absolute Gasteiger partial charge is 0.262 e. The lowest BCUT2D eigenvalue weighted by Gasteiger charge is -2.13. The molecule has 0 bridgehead atoms. The zero-order valence-corrected chi connectivity index (χ0v) is 12.3. The number of halogens is 1. The molecule has 1 aliphatic heterocycles. The van der Waals surface area contributed by atoms with Crippen molar-refractivity contribution in [2.45, 2.75) is 0 Å². The van der Waals surface area contributed by atoms with E-state index < -0.39 is 23.2 Å². The first-order chi connectivity index (χ1) is 12.0. The first kappa shape index (κ1) is 14.7. The van der Waals surface area contributed by atoms with Crippen LogP contribution in [-0.2, 0) is 0 Å². The number of nitrogens with zero attached hydrogens (tertiary/aromatic N) is 5. The number of anilines is 1. The molecule has 0 saturated heterocycles. The molecular weight excluding hydrogens is 333 g/mol. The van der Waals surface area contributed by atoms with Gasteiger partial charge in [-0.3, -0.25) is 24.3 Å². The summed E-state index contributed by atoms with van der Waals surface area (Å²) in [6.07, 6.45) is 1.18. The minimum Gasteiger partial charge on any atom is -0.384 e. The number of amides is 2. The number of carbonyl (C=O) groups is 2. The number of nitrogens with two attached hydrogens (primary N) is 1. The number of benzene rings is 1. The van der Waals surface area contributed by atoms with E-state index in [1.807, 2.05) is 0 Å². The van der Waals surface area contributed by atoms with Gasteiger partial charge in [-0.25, -0.2) is 4.39 Å². The van der Waals surface area contributed by atoms with E-state index in [1.54, 1.807) is 0 Å². The predicted molar refractivity (Wildman–Crippen MR) is 80.9 cm³/mol. The Balaban J connectivity index is 1.97. The van der Waals surface area contributed by atoms with Crippen LogP contribution in [0.1, 0.15) is 20.7 Å². The zero-order valence-electron chi connectivity index (χ0n) is 12.3. The zero-order chi connectivity index (χ0) is 17.7. The molecule has 2 amide bonds. The second-order valence-electron chi connectivity index (χ2n) is 5.17. The van der Waals surface area contributed by atoms with Gasteiger partial charge in [-0.05, 0) is 28.6 Å². The highest BCUT2D eigenvalue weighted by atomic mass is 19.1. The maximum Gasteiger partial charge on any atom is 0.262 e. The lowest BCUT2D eigenvalue weighted by molar-refractivity contribution is 0.0880. The molecule has 0 atom stereocenters. The summed E-state index contributed by atoms with van der Waals surface area (Å²) in [6.45, 7) is 0. The van der Waals surface area contributed by atoms with E-state index >= 15 is 0 Å². The summed E-state index contributed by atoms with van der Waals surface area (Å²) in [5.41, 5.74) is 5.27. The molecular formula is C14H8FN7O3. The van der Waals surface area contributed by atoms with Crippen LogP contribution in [0.3, 0.4) is 0 Å². The summed E-state index contributed by atoms with van der Waals surface area (Å²) in [7, 11) is 0. The van der Waals surface area contributed by atoms with Gasteiger partial charge in [0.05, 0.1) is 16.8 Å². The van der Waals surface area contributed by atoms with Gasteiger partial charge in [0.15, 0.2) is 0 Å². The summed E-state index contributed by atoms with van der Waals surface area (Å²) in [6, 6.07) is 4.72. The quantitative estimate of drug-likeness (QED) is 0.595. The van der Waals surface area contributed by atoms with E-state index in [9.17, 15) is 18.8 Å². The van der Waals surface area contributed by atoms with Crippen molar-refractivity contribution in [3.05, 3.63) is 57.9 Å². The third kappa shape index (κ3) is 2.09. The Morgan fingerprint density at radius 3 is 2.64 bits per heavy atom. The summed E-state index contributed by atoms with van der Waals surface area (Å²) < 4.78 is 16.1. The first-order valence-corrected chi connectivity index (χ1v) is 6.92. The summed E-state index contributed by atoms with van der Waals surface area (Å²) in [5.74, 6) is -2.24. The second-order valence-corrected chi connectivity index (χ2v) is 5.17.